The van der Waals surface area contributed by atoms with E-state index in [-0.39, 0.29) is 35.6 Å². The molecule has 0 aliphatic heterocycles. The first-order valence-corrected chi connectivity index (χ1v) is 10.5. The molecule has 0 radical (unpaired) electrons. The lowest BCUT2D eigenvalue weighted by molar-refractivity contribution is -0.128. The maximum absolute atomic E-state index is 14.7. The quantitative estimate of drug-likeness (QED) is 0.587. The van der Waals surface area contributed by atoms with Gasteiger partial charge in [-0.1, -0.05) is 17.7 Å². The zero-order valence-electron chi connectivity index (χ0n) is 17.2. The number of hydrogen-bond acceptors (Lipinski definition) is 4. The van der Waals surface area contributed by atoms with Crippen LogP contribution in [0.5, 0.6) is 0 Å². The molecule has 3 atom stereocenters. The number of nitrogens with one attached hydrogen (secondary N) is 2. The molecule has 1 aromatic carbocycles. The summed E-state index contributed by atoms with van der Waals surface area (Å²) in [4.78, 5) is 41.4. The van der Waals surface area contributed by atoms with Crippen molar-refractivity contribution in [3.05, 3.63) is 82.1 Å². The number of alkyl halides is 1. The van der Waals surface area contributed by atoms with Crippen LogP contribution in [0.15, 0.2) is 65.7 Å². The Morgan fingerprint density at radius 3 is 2.39 bits per heavy atom. The van der Waals surface area contributed by atoms with Crippen LogP contribution in [0.3, 0.4) is 0 Å². The molecule has 0 bridgehead atoms. The Hall–Kier alpha value is -3.59. The number of carbonyl (C=O) groups is 2. The predicted molar refractivity (Wildman–Crippen MR) is 120 cm³/mol. The molecule has 1 aliphatic carbocycles. The average Bonchev–Trinajstić information content (AvgIpc) is 3.19. The molecule has 2 aromatic heterocycles. The van der Waals surface area contributed by atoms with Crippen molar-refractivity contribution in [2.45, 2.75) is 19.0 Å². The van der Waals surface area contributed by atoms with Gasteiger partial charge in [0.2, 0.25) is 11.8 Å². The molecule has 10 heteroatoms. The first-order chi connectivity index (χ1) is 15.8. The third-order valence-corrected chi connectivity index (χ3v) is 5.69. The Morgan fingerprint density at radius 2 is 1.76 bits per heavy atom. The molecule has 0 saturated heterocycles. The zero-order chi connectivity index (χ0) is 23.5. The maximum atomic E-state index is 14.7. The van der Waals surface area contributed by atoms with E-state index in [2.05, 4.69) is 15.6 Å². The van der Waals surface area contributed by atoms with E-state index in [1.807, 2.05) is 0 Å². The summed E-state index contributed by atoms with van der Waals surface area (Å²) in [5, 5.41) is 5.39. The van der Waals surface area contributed by atoms with Gasteiger partial charge in [0.05, 0.1) is 28.2 Å². The van der Waals surface area contributed by atoms with Gasteiger partial charge in [-0.25, -0.2) is 13.8 Å². The Morgan fingerprint density at radius 1 is 1.03 bits per heavy atom. The number of aromatic nitrogens is 2. The molecule has 1 aliphatic rings. The number of benzene rings is 1. The smallest absolute Gasteiger partial charge is 0.255 e. The van der Waals surface area contributed by atoms with Crippen LogP contribution in [0.1, 0.15) is 12.8 Å². The van der Waals surface area contributed by atoms with Crippen molar-refractivity contribution in [3.8, 4) is 5.69 Å². The summed E-state index contributed by atoms with van der Waals surface area (Å²) in [6.07, 6.45) is 1.22. The predicted octanol–water partition coefficient (Wildman–Crippen LogP) is 3.97. The van der Waals surface area contributed by atoms with Gasteiger partial charge in [0.1, 0.15) is 17.8 Å². The van der Waals surface area contributed by atoms with Crippen molar-refractivity contribution in [2.75, 3.05) is 10.6 Å². The normalized spacial score (nSPS) is 19.8. The minimum atomic E-state index is -1.34. The third-order valence-electron chi connectivity index (χ3n) is 5.47. The zero-order valence-corrected chi connectivity index (χ0v) is 17.9. The second kappa shape index (κ2) is 9.50. The van der Waals surface area contributed by atoms with Crippen LogP contribution in [0.2, 0.25) is 5.02 Å². The summed E-state index contributed by atoms with van der Waals surface area (Å²) in [5.41, 5.74) is -0.181. The minimum Gasteiger partial charge on any atom is -0.323 e. The molecule has 1 saturated carbocycles. The van der Waals surface area contributed by atoms with Crippen LogP contribution < -0.4 is 16.2 Å². The molecular weight excluding hydrogens is 454 g/mol. The van der Waals surface area contributed by atoms with E-state index < -0.39 is 35.6 Å². The first kappa shape index (κ1) is 22.6. The molecule has 2 heterocycles. The van der Waals surface area contributed by atoms with Gasteiger partial charge in [-0.3, -0.25) is 19.0 Å². The second-order valence-corrected chi connectivity index (χ2v) is 8.13. The van der Waals surface area contributed by atoms with Crippen molar-refractivity contribution >= 4 is 34.9 Å². The Labute approximate surface area is 192 Å². The first-order valence-electron chi connectivity index (χ1n) is 10.2. The molecule has 2 N–H and O–H groups in total. The topological polar surface area (TPSA) is 93.1 Å². The highest BCUT2D eigenvalue weighted by Gasteiger charge is 2.43. The molecule has 1 fully saturated rings. The maximum Gasteiger partial charge on any atom is 0.255 e. The Bertz CT molecular complexity index is 1250. The standard InChI is InChI=1S/C23H19ClF2N4O3/c24-13-4-7-20(27-12-13)29-23(33)17-10-14(25)9-16(17)22(32)28-19-6-5-15(11-18(19)26)30-8-2-1-3-21(30)31/h1-8,11-12,14,16-17H,9-10H2,(H,28,32)(H,27,29,33)/t14-,16+,17+/m1/s1. The highest BCUT2D eigenvalue weighted by Crippen LogP contribution is 2.36. The van der Waals surface area contributed by atoms with Crippen LogP contribution in [0.25, 0.3) is 5.69 Å². The van der Waals surface area contributed by atoms with Crippen LogP contribution in [-0.4, -0.2) is 27.5 Å². The number of nitrogens with zero attached hydrogens (tertiary/aromatic N) is 2. The van der Waals surface area contributed by atoms with Gasteiger partial charge >= 0.3 is 0 Å². The van der Waals surface area contributed by atoms with E-state index in [0.717, 1.165) is 6.07 Å². The lowest BCUT2D eigenvalue weighted by Gasteiger charge is -2.18. The summed E-state index contributed by atoms with van der Waals surface area (Å²) >= 11 is 5.78. The fraction of sp³-hybridized carbons (Fsp3) is 0.217. The molecule has 0 unspecified atom stereocenters. The van der Waals surface area contributed by atoms with E-state index in [4.69, 9.17) is 11.6 Å². The van der Waals surface area contributed by atoms with Crippen molar-refractivity contribution in [1.29, 1.82) is 0 Å². The van der Waals surface area contributed by atoms with Gasteiger partial charge in [-0.2, -0.15) is 0 Å². The summed E-state index contributed by atoms with van der Waals surface area (Å²) in [6.45, 7) is 0. The minimum absolute atomic E-state index is 0.129. The number of rotatable bonds is 5. The summed E-state index contributed by atoms with van der Waals surface area (Å²) in [5.74, 6) is -3.68. The molecule has 2 amide bonds. The van der Waals surface area contributed by atoms with E-state index in [1.165, 1.54) is 47.3 Å². The molecule has 7 nitrogen and oxygen atoms in total. The number of amides is 2. The van der Waals surface area contributed by atoms with E-state index in [9.17, 15) is 23.2 Å². The highest BCUT2D eigenvalue weighted by molar-refractivity contribution is 6.30. The molecule has 3 aromatic rings. The lowest BCUT2D eigenvalue weighted by Crippen LogP contribution is -2.33. The van der Waals surface area contributed by atoms with Crippen LogP contribution in [-0.2, 0) is 9.59 Å². The van der Waals surface area contributed by atoms with Crippen LogP contribution >= 0.6 is 11.6 Å². The van der Waals surface area contributed by atoms with Gasteiger partial charge in [0.25, 0.3) is 5.56 Å². The van der Waals surface area contributed by atoms with Crippen molar-refractivity contribution in [2.24, 2.45) is 11.8 Å². The molecule has 33 heavy (non-hydrogen) atoms. The van der Waals surface area contributed by atoms with Crippen molar-refractivity contribution < 1.29 is 18.4 Å². The van der Waals surface area contributed by atoms with Crippen LogP contribution in [0, 0.1) is 17.7 Å². The molecular formula is C23H19ClF2N4O3. The SMILES string of the molecule is O=C(Nc1ccc(Cl)cn1)[C@H]1C[C@H](F)C[C@@H]1C(=O)Nc1ccc(-n2ccccc2=O)cc1F. The average molecular weight is 473 g/mol. The summed E-state index contributed by atoms with van der Waals surface area (Å²) in [7, 11) is 0. The van der Waals surface area contributed by atoms with Gasteiger partial charge in [-0.05, 0) is 43.2 Å². The molecule has 4 rings (SSSR count). The van der Waals surface area contributed by atoms with Gasteiger partial charge in [0.15, 0.2) is 0 Å². The van der Waals surface area contributed by atoms with E-state index in [1.54, 1.807) is 12.1 Å². The second-order valence-electron chi connectivity index (χ2n) is 7.69. The van der Waals surface area contributed by atoms with Gasteiger partial charge in [-0.15, -0.1) is 0 Å². The fourth-order valence-electron chi connectivity index (χ4n) is 3.85. The third kappa shape index (κ3) is 5.09. The number of pyridine rings is 2. The lowest BCUT2D eigenvalue weighted by atomic mass is 9.94. The van der Waals surface area contributed by atoms with Crippen molar-refractivity contribution in [3.63, 3.8) is 0 Å². The summed E-state index contributed by atoms with van der Waals surface area (Å²) in [6, 6.07) is 11.5. The summed E-state index contributed by atoms with van der Waals surface area (Å²) < 4.78 is 30.1. The van der Waals surface area contributed by atoms with Gasteiger partial charge in [0, 0.05) is 24.5 Å². The molecule has 170 valence electrons. The Balaban J connectivity index is 1.48. The van der Waals surface area contributed by atoms with E-state index >= 15 is 0 Å². The molecule has 0 spiro atoms. The monoisotopic (exact) mass is 472 g/mol. The van der Waals surface area contributed by atoms with Crippen molar-refractivity contribution in [1.82, 2.24) is 9.55 Å². The van der Waals surface area contributed by atoms with Gasteiger partial charge < -0.3 is 10.6 Å². The Kier molecular flexibility index (Phi) is 6.50. The number of carbonyl (C=O) groups excluding carboxylic acids is 2. The number of hydrogen-bond donors (Lipinski definition) is 2. The fourth-order valence-corrected chi connectivity index (χ4v) is 3.96. The number of anilines is 2. The largest absolute Gasteiger partial charge is 0.323 e. The van der Waals surface area contributed by atoms with E-state index in [0.29, 0.717) is 5.02 Å². The van der Waals surface area contributed by atoms with Crippen LogP contribution in [0.4, 0.5) is 20.3 Å². The highest BCUT2D eigenvalue weighted by atomic mass is 35.5. The number of halogens is 3.